The van der Waals surface area contributed by atoms with Crippen LogP contribution >= 0.6 is 0 Å². The van der Waals surface area contributed by atoms with Gasteiger partial charge in [-0.2, -0.15) is 0 Å². The highest BCUT2D eigenvalue weighted by molar-refractivity contribution is 5.81. The lowest BCUT2D eigenvalue weighted by Gasteiger charge is -1.95. The Kier molecular flexibility index (Phi) is 15.7. The van der Waals surface area contributed by atoms with Crippen molar-refractivity contribution in [3.63, 3.8) is 0 Å². The molecule has 0 amide bonds. The summed E-state index contributed by atoms with van der Waals surface area (Å²) >= 11 is 0. The molecule has 0 aromatic rings. The van der Waals surface area contributed by atoms with Crippen molar-refractivity contribution in [1.29, 1.82) is 0 Å². The van der Waals surface area contributed by atoms with Crippen LogP contribution in [-0.4, -0.2) is 13.1 Å². The number of carbonyl (C=O) groups is 1. The van der Waals surface area contributed by atoms with Crippen molar-refractivity contribution in [2.75, 3.05) is 7.11 Å². The van der Waals surface area contributed by atoms with Gasteiger partial charge in [0.1, 0.15) is 0 Å². The number of hydrogen-bond acceptors (Lipinski definition) is 2. The lowest BCUT2D eigenvalue weighted by Crippen LogP contribution is -1.93. The van der Waals surface area contributed by atoms with Gasteiger partial charge in [-0.05, 0) is 44.9 Å². The van der Waals surface area contributed by atoms with Gasteiger partial charge in [-0.25, -0.2) is 4.79 Å². The maximum atomic E-state index is 10.8. The second-order valence-corrected chi connectivity index (χ2v) is 5.24. The van der Waals surface area contributed by atoms with Gasteiger partial charge in [-0.15, -0.1) is 0 Å². The number of ether oxygens (including phenoxy) is 1. The Bertz CT molecular complexity index is 314. The third kappa shape index (κ3) is 16.6. The summed E-state index contributed by atoms with van der Waals surface area (Å²) < 4.78 is 4.53. The van der Waals surface area contributed by atoms with Gasteiger partial charge in [0.05, 0.1) is 7.11 Å². The monoisotopic (exact) mass is 292 g/mol. The fourth-order valence-electron chi connectivity index (χ4n) is 1.97. The Morgan fingerprint density at radius 1 is 0.810 bits per heavy atom. The Labute approximate surface area is 131 Å². The minimum absolute atomic E-state index is 0.263. The highest BCUT2D eigenvalue weighted by atomic mass is 16.5. The molecule has 0 spiro atoms. The van der Waals surface area contributed by atoms with Crippen molar-refractivity contribution in [3.05, 3.63) is 36.5 Å². The molecule has 0 aliphatic carbocycles. The Morgan fingerprint density at radius 2 is 1.38 bits per heavy atom. The molecular formula is C19H32O2. The predicted octanol–water partition coefficient (Wildman–Crippen LogP) is 5.75. The first-order valence-corrected chi connectivity index (χ1v) is 8.35. The Morgan fingerprint density at radius 3 is 1.95 bits per heavy atom. The maximum absolute atomic E-state index is 10.8. The van der Waals surface area contributed by atoms with Gasteiger partial charge in [0.15, 0.2) is 0 Å². The van der Waals surface area contributed by atoms with E-state index in [2.05, 4.69) is 36.0 Å². The molecule has 0 atom stereocenters. The zero-order valence-electron chi connectivity index (χ0n) is 13.9. The summed E-state index contributed by atoms with van der Waals surface area (Å²) in [4.78, 5) is 10.8. The molecule has 0 N–H and O–H groups in total. The van der Waals surface area contributed by atoms with Crippen molar-refractivity contribution < 1.29 is 9.53 Å². The van der Waals surface area contributed by atoms with Crippen molar-refractivity contribution in [2.24, 2.45) is 0 Å². The van der Waals surface area contributed by atoms with Crippen molar-refractivity contribution in [1.82, 2.24) is 0 Å². The van der Waals surface area contributed by atoms with Crippen molar-refractivity contribution in [3.8, 4) is 0 Å². The molecule has 0 saturated carbocycles. The number of unbranched alkanes of at least 4 members (excludes halogenated alkanes) is 7. The van der Waals surface area contributed by atoms with Crippen LogP contribution in [0.25, 0.3) is 0 Å². The number of rotatable bonds is 13. The van der Waals surface area contributed by atoms with E-state index in [1.54, 1.807) is 0 Å². The van der Waals surface area contributed by atoms with E-state index in [0.29, 0.717) is 0 Å². The lowest BCUT2D eigenvalue weighted by molar-refractivity contribution is -0.134. The van der Waals surface area contributed by atoms with E-state index in [4.69, 9.17) is 0 Å². The highest BCUT2D eigenvalue weighted by Gasteiger charge is 1.90. The molecular weight excluding hydrogens is 260 g/mol. The molecule has 0 radical (unpaired) electrons. The molecule has 2 heteroatoms. The van der Waals surface area contributed by atoms with Crippen LogP contribution in [0.5, 0.6) is 0 Å². The smallest absolute Gasteiger partial charge is 0.330 e. The molecule has 0 heterocycles. The fourth-order valence-corrected chi connectivity index (χ4v) is 1.97. The number of esters is 1. The zero-order chi connectivity index (χ0) is 15.6. The first-order chi connectivity index (χ1) is 10.3. The number of carbonyl (C=O) groups excluding carboxylic acids is 1. The average molecular weight is 292 g/mol. The summed E-state index contributed by atoms with van der Waals surface area (Å²) in [5, 5.41) is 0. The second-order valence-electron chi connectivity index (χ2n) is 5.24. The summed E-state index contributed by atoms with van der Waals surface area (Å²) in [6.45, 7) is 2.24. The predicted molar refractivity (Wildman–Crippen MR) is 91.3 cm³/mol. The number of hydrogen-bond donors (Lipinski definition) is 0. The van der Waals surface area contributed by atoms with Crippen LogP contribution in [0.3, 0.4) is 0 Å². The highest BCUT2D eigenvalue weighted by Crippen LogP contribution is 2.05. The molecule has 21 heavy (non-hydrogen) atoms. The SMILES string of the molecule is CCCCCC=CCC=CCCCCCC=CC(=O)OC. The van der Waals surface area contributed by atoms with Gasteiger partial charge < -0.3 is 4.74 Å². The van der Waals surface area contributed by atoms with Gasteiger partial charge in [-0.1, -0.05) is 56.6 Å². The first kappa shape index (κ1) is 19.7. The summed E-state index contributed by atoms with van der Waals surface area (Å²) in [7, 11) is 1.40. The Hall–Kier alpha value is -1.31. The van der Waals surface area contributed by atoms with Gasteiger partial charge in [0.25, 0.3) is 0 Å². The molecule has 0 saturated heterocycles. The molecule has 0 aliphatic heterocycles. The van der Waals surface area contributed by atoms with Gasteiger partial charge in [0, 0.05) is 6.08 Å². The quantitative estimate of drug-likeness (QED) is 0.187. The second kappa shape index (κ2) is 16.7. The molecule has 0 rings (SSSR count). The molecule has 0 bridgehead atoms. The van der Waals surface area contributed by atoms with Crippen LogP contribution in [0.15, 0.2) is 36.5 Å². The summed E-state index contributed by atoms with van der Waals surface area (Å²) in [5.41, 5.74) is 0. The maximum Gasteiger partial charge on any atom is 0.330 e. The average Bonchev–Trinajstić information content (AvgIpc) is 2.50. The van der Waals surface area contributed by atoms with E-state index in [-0.39, 0.29) is 5.97 Å². The number of allylic oxidation sites excluding steroid dienone is 5. The van der Waals surface area contributed by atoms with E-state index in [0.717, 1.165) is 25.7 Å². The summed E-state index contributed by atoms with van der Waals surface area (Å²) in [6.07, 6.45) is 24.4. The van der Waals surface area contributed by atoms with E-state index in [1.807, 2.05) is 6.08 Å². The van der Waals surface area contributed by atoms with Gasteiger partial charge in [-0.3, -0.25) is 0 Å². The van der Waals surface area contributed by atoms with Gasteiger partial charge >= 0.3 is 5.97 Å². The first-order valence-electron chi connectivity index (χ1n) is 8.35. The summed E-state index contributed by atoms with van der Waals surface area (Å²) in [5.74, 6) is -0.263. The third-order valence-electron chi connectivity index (χ3n) is 3.28. The van der Waals surface area contributed by atoms with Crippen LogP contribution in [0, 0.1) is 0 Å². The van der Waals surface area contributed by atoms with Crippen LogP contribution in [0.2, 0.25) is 0 Å². The summed E-state index contributed by atoms with van der Waals surface area (Å²) in [6, 6.07) is 0. The van der Waals surface area contributed by atoms with Crippen molar-refractivity contribution in [2.45, 2.75) is 71.1 Å². The Balaban J connectivity index is 3.29. The van der Waals surface area contributed by atoms with Crippen LogP contribution < -0.4 is 0 Å². The van der Waals surface area contributed by atoms with E-state index < -0.39 is 0 Å². The molecule has 120 valence electrons. The van der Waals surface area contributed by atoms with Gasteiger partial charge in [0.2, 0.25) is 0 Å². The van der Waals surface area contributed by atoms with E-state index in [9.17, 15) is 4.79 Å². The molecule has 2 nitrogen and oxygen atoms in total. The largest absolute Gasteiger partial charge is 0.466 e. The van der Waals surface area contributed by atoms with Crippen molar-refractivity contribution >= 4 is 5.97 Å². The minimum Gasteiger partial charge on any atom is -0.466 e. The fraction of sp³-hybridized carbons (Fsp3) is 0.632. The topological polar surface area (TPSA) is 26.3 Å². The third-order valence-corrected chi connectivity index (χ3v) is 3.28. The normalized spacial score (nSPS) is 11.9. The zero-order valence-corrected chi connectivity index (χ0v) is 13.9. The molecule has 0 unspecified atom stereocenters. The standard InChI is InChI=1S/C19H32O2/c1-3-4-5-6-7-8-9-10-11-12-13-14-15-16-17-18-19(20)21-2/h7-8,10-11,17-18H,3-6,9,12-16H2,1-2H3. The van der Waals surface area contributed by atoms with E-state index >= 15 is 0 Å². The molecule has 0 aliphatic rings. The lowest BCUT2D eigenvalue weighted by atomic mass is 10.1. The van der Waals surface area contributed by atoms with Crippen LogP contribution in [-0.2, 0) is 9.53 Å². The van der Waals surface area contributed by atoms with Crippen LogP contribution in [0.1, 0.15) is 71.1 Å². The molecule has 0 aromatic heterocycles. The minimum atomic E-state index is -0.263. The molecule has 0 aromatic carbocycles. The molecule has 0 fully saturated rings. The number of methoxy groups -OCH3 is 1. The van der Waals surface area contributed by atoms with E-state index in [1.165, 1.54) is 51.7 Å². The van der Waals surface area contributed by atoms with Crippen LogP contribution in [0.4, 0.5) is 0 Å².